The van der Waals surface area contributed by atoms with E-state index in [0.29, 0.717) is 24.3 Å². The van der Waals surface area contributed by atoms with Gasteiger partial charge in [-0.2, -0.15) is 0 Å². The quantitative estimate of drug-likeness (QED) is 0.650. The first-order valence-electron chi connectivity index (χ1n) is 9.35. The largest absolute Gasteiger partial charge is 0.503 e. The van der Waals surface area contributed by atoms with Crippen LogP contribution in [0.5, 0.6) is 0 Å². The average Bonchev–Trinajstić information content (AvgIpc) is 3.29. The van der Waals surface area contributed by atoms with Crippen LogP contribution in [-0.2, 0) is 11.2 Å². The maximum absolute atomic E-state index is 13.1. The van der Waals surface area contributed by atoms with Crippen molar-refractivity contribution in [1.29, 1.82) is 0 Å². The zero-order valence-corrected chi connectivity index (χ0v) is 15.9. The van der Waals surface area contributed by atoms with Gasteiger partial charge in [0.05, 0.1) is 11.6 Å². The maximum atomic E-state index is 13.1. The summed E-state index contributed by atoms with van der Waals surface area (Å²) in [5.74, 6) is -0.902. The average molecular weight is 388 g/mol. The molecular weight excluding hydrogens is 368 g/mol. The van der Waals surface area contributed by atoms with Gasteiger partial charge in [0, 0.05) is 18.9 Å². The van der Waals surface area contributed by atoms with Crippen LogP contribution < -0.4 is 0 Å². The van der Waals surface area contributed by atoms with E-state index in [2.05, 4.69) is 4.98 Å². The first kappa shape index (κ1) is 18.7. The van der Waals surface area contributed by atoms with Crippen LogP contribution >= 0.6 is 0 Å². The fourth-order valence-electron chi connectivity index (χ4n) is 3.59. The Labute approximate surface area is 168 Å². The van der Waals surface area contributed by atoms with Crippen LogP contribution in [-0.4, -0.2) is 33.2 Å². The Morgan fingerprint density at radius 2 is 1.83 bits per heavy atom. The number of aryl methyl sites for hydroxylation is 1. The molecule has 0 unspecified atom stereocenters. The second-order valence-corrected chi connectivity index (χ2v) is 6.92. The number of aliphatic hydroxyl groups excluding tert-OH is 1. The summed E-state index contributed by atoms with van der Waals surface area (Å²) in [7, 11) is 0. The fourth-order valence-corrected chi connectivity index (χ4v) is 3.59. The Morgan fingerprint density at radius 3 is 2.48 bits per heavy atom. The molecule has 1 N–H and O–H groups in total. The molecule has 1 atom stereocenters. The predicted octanol–water partition coefficient (Wildman–Crippen LogP) is 3.80. The van der Waals surface area contributed by atoms with Crippen molar-refractivity contribution in [2.24, 2.45) is 0 Å². The maximum Gasteiger partial charge on any atom is 0.290 e. The predicted molar refractivity (Wildman–Crippen MR) is 106 cm³/mol. The molecule has 0 saturated carbocycles. The van der Waals surface area contributed by atoms with Crippen molar-refractivity contribution in [3.05, 3.63) is 101 Å². The summed E-state index contributed by atoms with van der Waals surface area (Å²) < 4.78 is 5.45. The number of hydrogen-bond donors (Lipinski definition) is 1. The molecule has 0 radical (unpaired) electrons. The summed E-state index contributed by atoms with van der Waals surface area (Å²) >= 11 is 0. The van der Waals surface area contributed by atoms with Crippen molar-refractivity contribution in [1.82, 2.24) is 9.88 Å². The van der Waals surface area contributed by atoms with Crippen molar-refractivity contribution >= 4 is 11.7 Å². The summed E-state index contributed by atoms with van der Waals surface area (Å²) in [5, 5.41) is 10.6. The van der Waals surface area contributed by atoms with Crippen LogP contribution in [0.3, 0.4) is 0 Å². The number of carbonyl (C=O) groups is 2. The van der Waals surface area contributed by atoms with Gasteiger partial charge in [-0.1, -0.05) is 30.3 Å². The Bertz CT molecular complexity index is 1070. The minimum Gasteiger partial charge on any atom is -0.503 e. The first-order chi connectivity index (χ1) is 14.1. The van der Waals surface area contributed by atoms with Gasteiger partial charge in [-0.15, -0.1) is 0 Å². The second-order valence-electron chi connectivity index (χ2n) is 6.92. The zero-order chi connectivity index (χ0) is 20.4. The van der Waals surface area contributed by atoms with Gasteiger partial charge in [0.15, 0.2) is 11.5 Å². The lowest BCUT2D eigenvalue weighted by Crippen LogP contribution is -2.33. The number of aliphatic hydroxyl groups is 1. The highest BCUT2D eigenvalue weighted by Gasteiger charge is 2.44. The lowest BCUT2D eigenvalue weighted by Gasteiger charge is -2.26. The van der Waals surface area contributed by atoms with E-state index in [1.807, 2.05) is 30.3 Å². The molecule has 1 aromatic carbocycles. The highest BCUT2D eigenvalue weighted by atomic mass is 16.3. The fraction of sp³-hybridized carbons (Fsp3) is 0.174. The molecule has 3 aromatic rings. The summed E-state index contributed by atoms with van der Waals surface area (Å²) in [4.78, 5) is 31.5. The van der Waals surface area contributed by atoms with Crippen molar-refractivity contribution in [2.45, 2.75) is 19.4 Å². The van der Waals surface area contributed by atoms with Gasteiger partial charge < -0.3 is 14.4 Å². The number of benzene rings is 1. The van der Waals surface area contributed by atoms with E-state index in [-0.39, 0.29) is 11.3 Å². The summed E-state index contributed by atoms with van der Waals surface area (Å²) in [5.41, 5.74) is 1.80. The van der Waals surface area contributed by atoms with Gasteiger partial charge in [-0.05, 0) is 48.7 Å². The van der Waals surface area contributed by atoms with Gasteiger partial charge in [0.1, 0.15) is 5.76 Å². The molecule has 6 nitrogen and oxygen atoms in total. The van der Waals surface area contributed by atoms with Gasteiger partial charge in [0.25, 0.3) is 5.91 Å². The zero-order valence-electron chi connectivity index (χ0n) is 15.9. The number of nitrogens with zero attached hydrogens (tertiary/aromatic N) is 2. The van der Waals surface area contributed by atoms with E-state index in [1.54, 1.807) is 43.6 Å². The number of furan rings is 1. The highest BCUT2D eigenvalue weighted by Crippen LogP contribution is 2.39. The normalized spacial score (nSPS) is 16.5. The van der Waals surface area contributed by atoms with Crippen LogP contribution in [0.2, 0.25) is 0 Å². The molecule has 3 heterocycles. The van der Waals surface area contributed by atoms with E-state index in [1.165, 1.54) is 4.90 Å². The Balaban J connectivity index is 1.71. The van der Waals surface area contributed by atoms with Crippen molar-refractivity contribution in [3.8, 4) is 0 Å². The first-order valence-corrected chi connectivity index (χ1v) is 9.35. The van der Waals surface area contributed by atoms with E-state index in [0.717, 1.165) is 5.56 Å². The van der Waals surface area contributed by atoms with Crippen molar-refractivity contribution < 1.29 is 19.1 Å². The Kier molecular flexibility index (Phi) is 4.99. The van der Waals surface area contributed by atoms with Gasteiger partial charge in [-0.25, -0.2) is 0 Å². The lowest BCUT2D eigenvalue weighted by atomic mass is 9.95. The minimum atomic E-state index is -0.702. The van der Waals surface area contributed by atoms with Gasteiger partial charge in [-0.3, -0.25) is 14.6 Å². The van der Waals surface area contributed by atoms with Crippen LogP contribution in [0.15, 0.2) is 82.7 Å². The smallest absolute Gasteiger partial charge is 0.290 e. The number of ketones is 1. The molecule has 29 heavy (non-hydrogen) atoms. The van der Waals surface area contributed by atoms with E-state index >= 15 is 0 Å². The third-order valence-corrected chi connectivity index (χ3v) is 5.02. The Morgan fingerprint density at radius 1 is 1.10 bits per heavy atom. The number of hydrogen-bond acceptors (Lipinski definition) is 5. The molecule has 0 saturated heterocycles. The molecule has 6 heteroatoms. The van der Waals surface area contributed by atoms with Crippen molar-refractivity contribution in [3.63, 3.8) is 0 Å². The molecule has 0 bridgehead atoms. The topological polar surface area (TPSA) is 83.6 Å². The van der Waals surface area contributed by atoms with E-state index < -0.39 is 23.5 Å². The third kappa shape index (κ3) is 3.57. The van der Waals surface area contributed by atoms with Crippen LogP contribution in [0.4, 0.5) is 0 Å². The minimum absolute atomic E-state index is 0.0311. The number of carbonyl (C=O) groups excluding carboxylic acids is 2. The SMILES string of the molecule is Cc1ccc(C(=O)C2=C(O)C(=O)N(CCc3ccccc3)[C@@H]2c2ccncc2)o1. The molecule has 0 spiro atoms. The summed E-state index contributed by atoms with van der Waals surface area (Å²) in [6.45, 7) is 2.09. The number of aromatic nitrogens is 1. The van der Waals surface area contributed by atoms with Gasteiger partial charge >= 0.3 is 0 Å². The monoisotopic (exact) mass is 388 g/mol. The highest BCUT2D eigenvalue weighted by molar-refractivity contribution is 6.15. The molecular formula is C23H20N2O4. The summed E-state index contributed by atoms with van der Waals surface area (Å²) in [6.07, 6.45) is 3.80. The lowest BCUT2D eigenvalue weighted by molar-refractivity contribution is -0.129. The molecule has 0 aliphatic carbocycles. The molecule has 1 aliphatic rings. The Hall–Kier alpha value is -3.67. The number of rotatable bonds is 6. The van der Waals surface area contributed by atoms with Crippen LogP contribution in [0.1, 0.15) is 33.5 Å². The number of pyridine rings is 1. The molecule has 146 valence electrons. The number of amides is 1. The standard InChI is InChI=1S/C23H20N2O4/c1-15-7-8-18(29-15)21(26)19-20(17-9-12-24-13-10-17)25(23(28)22(19)27)14-11-16-5-3-2-4-6-16/h2-10,12-13,20,27H,11,14H2,1H3/t20-/m1/s1. The molecule has 2 aromatic heterocycles. The molecule has 1 aliphatic heterocycles. The van der Waals surface area contributed by atoms with Crippen molar-refractivity contribution in [2.75, 3.05) is 6.54 Å². The van der Waals surface area contributed by atoms with Gasteiger partial charge in [0.2, 0.25) is 5.78 Å². The van der Waals surface area contributed by atoms with Crippen LogP contribution in [0, 0.1) is 6.92 Å². The van der Waals surface area contributed by atoms with E-state index in [4.69, 9.17) is 4.42 Å². The number of Topliss-reactive ketones (excluding diaryl/α,β-unsaturated/α-hetero) is 1. The summed E-state index contributed by atoms with van der Waals surface area (Å²) in [6, 6.07) is 15.8. The molecule has 1 amide bonds. The third-order valence-electron chi connectivity index (χ3n) is 5.02. The molecule has 0 fully saturated rings. The molecule has 4 rings (SSSR count). The van der Waals surface area contributed by atoms with E-state index in [9.17, 15) is 14.7 Å². The second kappa shape index (κ2) is 7.75. The van der Waals surface area contributed by atoms with Crippen LogP contribution in [0.25, 0.3) is 0 Å².